The smallest absolute Gasteiger partial charge is 0.257 e. The number of halogens is 1. The van der Waals surface area contributed by atoms with Gasteiger partial charge in [-0.1, -0.05) is 24.3 Å². The molecular weight excluding hydrogens is 297 g/mol. The maximum absolute atomic E-state index is 13.3. The molecular formula is C18H20FNO3. The number of methoxy groups -OCH3 is 1. The van der Waals surface area contributed by atoms with E-state index in [0.29, 0.717) is 6.54 Å². The van der Waals surface area contributed by atoms with Gasteiger partial charge in [0.1, 0.15) is 5.75 Å². The van der Waals surface area contributed by atoms with Crippen LogP contribution in [0.4, 0.5) is 4.39 Å². The molecule has 1 N–H and O–H groups in total. The van der Waals surface area contributed by atoms with Crippen molar-refractivity contribution >= 4 is 5.91 Å². The molecule has 0 radical (unpaired) electrons. The zero-order chi connectivity index (χ0) is 16.5. The lowest BCUT2D eigenvalue weighted by Gasteiger charge is -2.08. The van der Waals surface area contributed by atoms with E-state index >= 15 is 0 Å². The average molecular weight is 317 g/mol. The molecule has 2 aromatic carbocycles. The van der Waals surface area contributed by atoms with Crippen LogP contribution < -0.4 is 14.8 Å². The van der Waals surface area contributed by atoms with Gasteiger partial charge in [0.2, 0.25) is 0 Å². The highest BCUT2D eigenvalue weighted by molar-refractivity contribution is 5.77. The Hall–Kier alpha value is -2.56. The van der Waals surface area contributed by atoms with E-state index in [1.807, 2.05) is 24.3 Å². The molecule has 1 amide bonds. The van der Waals surface area contributed by atoms with Gasteiger partial charge in [-0.2, -0.15) is 0 Å². The Morgan fingerprint density at radius 2 is 2.00 bits per heavy atom. The van der Waals surface area contributed by atoms with Crippen LogP contribution in [-0.4, -0.2) is 26.2 Å². The second-order valence-corrected chi connectivity index (χ2v) is 5.02. The predicted molar refractivity (Wildman–Crippen MR) is 86.2 cm³/mol. The first kappa shape index (κ1) is 16.8. The Labute approximate surface area is 135 Å². The van der Waals surface area contributed by atoms with Crippen molar-refractivity contribution in [2.75, 3.05) is 20.3 Å². The second-order valence-electron chi connectivity index (χ2n) is 5.02. The van der Waals surface area contributed by atoms with Crippen LogP contribution in [0, 0.1) is 5.82 Å². The first-order chi connectivity index (χ1) is 11.2. The lowest BCUT2D eigenvalue weighted by atomic mass is 10.1. The van der Waals surface area contributed by atoms with Crippen LogP contribution >= 0.6 is 0 Å². The number of para-hydroxylation sites is 1. The summed E-state index contributed by atoms with van der Waals surface area (Å²) in [6, 6.07) is 13.8. The highest BCUT2D eigenvalue weighted by atomic mass is 19.1. The van der Waals surface area contributed by atoms with Gasteiger partial charge in [0.05, 0.1) is 7.11 Å². The van der Waals surface area contributed by atoms with E-state index in [0.717, 1.165) is 24.2 Å². The van der Waals surface area contributed by atoms with E-state index in [9.17, 15) is 9.18 Å². The van der Waals surface area contributed by atoms with E-state index in [1.165, 1.54) is 12.1 Å². The van der Waals surface area contributed by atoms with Gasteiger partial charge in [-0.25, -0.2) is 4.39 Å². The lowest BCUT2D eigenvalue weighted by molar-refractivity contribution is -0.123. The fraction of sp³-hybridized carbons (Fsp3) is 0.278. The maximum atomic E-state index is 13.3. The Kier molecular flexibility index (Phi) is 6.41. The third kappa shape index (κ3) is 5.62. The summed E-state index contributed by atoms with van der Waals surface area (Å²) in [6.07, 6.45) is 1.64. The van der Waals surface area contributed by atoms with E-state index in [4.69, 9.17) is 9.47 Å². The van der Waals surface area contributed by atoms with Crippen LogP contribution in [0.5, 0.6) is 11.5 Å². The number of benzene rings is 2. The van der Waals surface area contributed by atoms with Gasteiger partial charge in [-0.15, -0.1) is 0 Å². The van der Waals surface area contributed by atoms with Crippen molar-refractivity contribution in [3.05, 3.63) is 59.9 Å². The molecule has 2 rings (SSSR count). The molecule has 0 unspecified atom stereocenters. The summed E-state index contributed by atoms with van der Waals surface area (Å²) in [7, 11) is 1.63. The molecule has 122 valence electrons. The summed E-state index contributed by atoms with van der Waals surface area (Å²) in [4.78, 5) is 11.7. The Balaban J connectivity index is 1.66. The fourth-order valence-electron chi connectivity index (χ4n) is 2.10. The monoisotopic (exact) mass is 317 g/mol. The molecule has 0 aliphatic heterocycles. The van der Waals surface area contributed by atoms with Gasteiger partial charge in [-0.3, -0.25) is 4.79 Å². The van der Waals surface area contributed by atoms with Crippen LogP contribution in [0.25, 0.3) is 0 Å². The molecule has 0 heterocycles. The Bertz CT molecular complexity index is 646. The summed E-state index contributed by atoms with van der Waals surface area (Å²) in [6.45, 7) is 0.344. The molecule has 0 aliphatic rings. The van der Waals surface area contributed by atoms with Crippen LogP contribution in [0.15, 0.2) is 48.5 Å². The fourth-order valence-corrected chi connectivity index (χ4v) is 2.10. The minimum Gasteiger partial charge on any atom is -0.497 e. The van der Waals surface area contributed by atoms with Crippen molar-refractivity contribution in [3.63, 3.8) is 0 Å². The van der Waals surface area contributed by atoms with Gasteiger partial charge in [-0.05, 0) is 42.7 Å². The molecule has 0 fully saturated rings. The highest BCUT2D eigenvalue weighted by Crippen LogP contribution is 2.15. The normalized spacial score (nSPS) is 10.2. The van der Waals surface area contributed by atoms with Gasteiger partial charge < -0.3 is 14.8 Å². The molecule has 0 aromatic heterocycles. The summed E-state index contributed by atoms with van der Waals surface area (Å²) in [5, 5.41) is 2.75. The van der Waals surface area contributed by atoms with E-state index in [-0.39, 0.29) is 18.3 Å². The van der Waals surface area contributed by atoms with Crippen molar-refractivity contribution in [3.8, 4) is 11.5 Å². The van der Waals surface area contributed by atoms with Gasteiger partial charge in [0.25, 0.3) is 5.91 Å². The Morgan fingerprint density at radius 3 is 2.78 bits per heavy atom. The predicted octanol–water partition coefficient (Wildman–Crippen LogP) is 2.96. The SMILES string of the molecule is COc1cccc(CCCNC(=O)COc2ccccc2F)c1. The largest absolute Gasteiger partial charge is 0.497 e. The average Bonchev–Trinajstić information content (AvgIpc) is 2.58. The molecule has 0 bridgehead atoms. The first-order valence-electron chi connectivity index (χ1n) is 7.46. The van der Waals surface area contributed by atoms with Crippen LogP contribution in [0.1, 0.15) is 12.0 Å². The summed E-state index contributed by atoms with van der Waals surface area (Å²) >= 11 is 0. The zero-order valence-electron chi connectivity index (χ0n) is 13.0. The van der Waals surface area contributed by atoms with Crippen molar-refractivity contribution in [2.24, 2.45) is 0 Å². The van der Waals surface area contributed by atoms with Crippen LogP contribution in [0.3, 0.4) is 0 Å². The molecule has 0 spiro atoms. The van der Waals surface area contributed by atoms with E-state index in [1.54, 1.807) is 19.2 Å². The quantitative estimate of drug-likeness (QED) is 0.762. The Morgan fingerprint density at radius 1 is 1.17 bits per heavy atom. The zero-order valence-corrected chi connectivity index (χ0v) is 13.0. The summed E-state index contributed by atoms with van der Waals surface area (Å²) in [5.41, 5.74) is 1.15. The van der Waals surface area contributed by atoms with E-state index in [2.05, 4.69) is 5.32 Å². The van der Waals surface area contributed by atoms with Gasteiger partial charge in [0.15, 0.2) is 18.2 Å². The highest BCUT2D eigenvalue weighted by Gasteiger charge is 2.05. The number of amides is 1. The topological polar surface area (TPSA) is 47.6 Å². The summed E-state index contributed by atoms with van der Waals surface area (Å²) < 4.78 is 23.6. The number of rotatable bonds is 8. The second kappa shape index (κ2) is 8.78. The van der Waals surface area contributed by atoms with Crippen molar-refractivity contribution in [1.82, 2.24) is 5.32 Å². The number of nitrogens with one attached hydrogen (secondary N) is 1. The van der Waals surface area contributed by atoms with Crippen molar-refractivity contribution in [2.45, 2.75) is 12.8 Å². The molecule has 0 aliphatic carbocycles. The van der Waals surface area contributed by atoms with Crippen molar-refractivity contribution in [1.29, 1.82) is 0 Å². The third-order valence-electron chi connectivity index (χ3n) is 3.29. The van der Waals surface area contributed by atoms with Crippen LogP contribution in [-0.2, 0) is 11.2 Å². The number of hydrogen-bond acceptors (Lipinski definition) is 3. The molecule has 0 atom stereocenters. The number of aryl methyl sites for hydroxylation is 1. The number of carbonyl (C=O) groups is 1. The number of carbonyl (C=O) groups excluding carboxylic acids is 1. The molecule has 4 nitrogen and oxygen atoms in total. The minimum absolute atomic E-state index is 0.0824. The third-order valence-corrected chi connectivity index (χ3v) is 3.29. The first-order valence-corrected chi connectivity index (χ1v) is 7.46. The van der Waals surface area contributed by atoms with Crippen molar-refractivity contribution < 1.29 is 18.7 Å². The number of hydrogen-bond donors (Lipinski definition) is 1. The maximum Gasteiger partial charge on any atom is 0.257 e. The lowest BCUT2D eigenvalue weighted by Crippen LogP contribution is -2.30. The molecule has 5 heteroatoms. The minimum atomic E-state index is -0.474. The molecule has 0 saturated carbocycles. The number of ether oxygens (including phenoxy) is 2. The van der Waals surface area contributed by atoms with Crippen LogP contribution in [0.2, 0.25) is 0 Å². The molecule has 0 saturated heterocycles. The molecule has 2 aromatic rings. The molecule has 23 heavy (non-hydrogen) atoms. The standard InChI is InChI=1S/C18H20FNO3/c1-22-15-8-4-6-14(12-15)7-5-11-20-18(21)13-23-17-10-3-2-9-16(17)19/h2-4,6,8-10,12H,5,7,11,13H2,1H3,(H,20,21). The van der Waals surface area contributed by atoms with Gasteiger partial charge in [0, 0.05) is 6.54 Å². The van der Waals surface area contributed by atoms with Gasteiger partial charge >= 0.3 is 0 Å². The van der Waals surface area contributed by atoms with E-state index < -0.39 is 5.82 Å². The summed E-state index contributed by atoms with van der Waals surface area (Å²) in [5.74, 6) is 0.168.